The van der Waals surface area contributed by atoms with E-state index >= 15 is 0 Å². The van der Waals surface area contributed by atoms with Crippen LogP contribution in [0.25, 0.3) is 42.8 Å². The standard InChI is InChI=1S/C40H44OS/c1-4-6-8-14-26-40(27-15-9-7-5-2)36-19-13-12-16-32(36)33-25-22-30(28-37(33)40)39-35-18-11-10-17-34(35)38(42-39)29-20-23-31(41-3)24-21-29/h10-13,16-25,28H,4-9,14-15,26-27H2,1-3H3. The van der Waals surface area contributed by atoms with Gasteiger partial charge in [-0.2, -0.15) is 0 Å². The zero-order valence-corrected chi connectivity index (χ0v) is 26.4. The van der Waals surface area contributed by atoms with Crippen molar-refractivity contribution in [2.75, 3.05) is 7.11 Å². The molecule has 6 rings (SSSR count). The van der Waals surface area contributed by atoms with Gasteiger partial charge in [-0.25, -0.2) is 0 Å². The highest BCUT2D eigenvalue weighted by atomic mass is 32.1. The first kappa shape index (κ1) is 28.7. The maximum Gasteiger partial charge on any atom is 0.118 e. The molecule has 0 saturated heterocycles. The van der Waals surface area contributed by atoms with Crippen LogP contribution in [0.2, 0.25) is 0 Å². The molecule has 0 amide bonds. The molecule has 0 bridgehead atoms. The van der Waals surface area contributed by atoms with Crippen molar-refractivity contribution in [2.24, 2.45) is 0 Å². The van der Waals surface area contributed by atoms with Crippen LogP contribution in [0.5, 0.6) is 5.75 Å². The summed E-state index contributed by atoms with van der Waals surface area (Å²) >= 11 is 1.93. The maximum atomic E-state index is 5.44. The molecule has 5 aromatic rings. The first-order valence-corrected chi connectivity index (χ1v) is 16.9. The molecule has 0 radical (unpaired) electrons. The first-order valence-electron chi connectivity index (χ1n) is 16.1. The van der Waals surface area contributed by atoms with Crippen LogP contribution in [-0.4, -0.2) is 7.11 Å². The third-order valence-electron chi connectivity index (χ3n) is 9.42. The molecule has 0 aliphatic heterocycles. The molecule has 216 valence electrons. The number of rotatable bonds is 13. The average molecular weight is 573 g/mol. The number of methoxy groups -OCH3 is 1. The van der Waals surface area contributed by atoms with Crippen molar-refractivity contribution in [1.82, 2.24) is 0 Å². The van der Waals surface area contributed by atoms with E-state index in [9.17, 15) is 0 Å². The number of unbranched alkanes of at least 4 members (excludes halogenated alkanes) is 6. The summed E-state index contributed by atoms with van der Waals surface area (Å²) in [6, 6.07) is 34.2. The number of ether oxygens (including phenoxy) is 1. The Labute approximate surface area is 256 Å². The molecule has 42 heavy (non-hydrogen) atoms. The lowest BCUT2D eigenvalue weighted by Crippen LogP contribution is -2.25. The number of hydrogen-bond donors (Lipinski definition) is 0. The van der Waals surface area contributed by atoms with Gasteiger partial charge < -0.3 is 4.74 Å². The average Bonchev–Trinajstić information content (AvgIpc) is 3.56. The fourth-order valence-electron chi connectivity index (χ4n) is 7.23. The smallest absolute Gasteiger partial charge is 0.118 e. The maximum absolute atomic E-state index is 5.44. The highest BCUT2D eigenvalue weighted by molar-refractivity contribution is 7.21. The second-order valence-corrected chi connectivity index (χ2v) is 13.1. The molecule has 0 unspecified atom stereocenters. The van der Waals surface area contributed by atoms with E-state index in [1.807, 2.05) is 11.3 Å². The quantitative estimate of drug-likeness (QED) is 0.128. The fraction of sp³-hybridized carbons (Fsp3) is 0.350. The summed E-state index contributed by atoms with van der Waals surface area (Å²) < 4.78 is 5.44. The van der Waals surface area contributed by atoms with Crippen LogP contribution in [0.3, 0.4) is 0 Å². The molecule has 2 heteroatoms. The Kier molecular flexibility index (Phi) is 8.81. The summed E-state index contributed by atoms with van der Waals surface area (Å²) in [7, 11) is 1.73. The molecule has 1 aliphatic carbocycles. The number of hydrogen-bond acceptors (Lipinski definition) is 2. The first-order chi connectivity index (χ1) is 20.7. The van der Waals surface area contributed by atoms with E-state index in [0.717, 1.165) is 5.75 Å². The van der Waals surface area contributed by atoms with E-state index in [1.165, 1.54) is 107 Å². The van der Waals surface area contributed by atoms with E-state index in [-0.39, 0.29) is 5.41 Å². The van der Waals surface area contributed by atoms with E-state index in [1.54, 1.807) is 18.2 Å². The van der Waals surface area contributed by atoms with Gasteiger partial charge in [-0.1, -0.05) is 126 Å². The van der Waals surface area contributed by atoms with Crippen molar-refractivity contribution in [1.29, 1.82) is 0 Å². The molecule has 1 heterocycles. The van der Waals surface area contributed by atoms with E-state index in [4.69, 9.17) is 4.74 Å². The van der Waals surface area contributed by atoms with E-state index in [2.05, 4.69) is 105 Å². The third kappa shape index (κ3) is 5.31. The van der Waals surface area contributed by atoms with Gasteiger partial charge in [0.05, 0.1) is 7.11 Å². The molecule has 0 spiro atoms. The van der Waals surface area contributed by atoms with Crippen molar-refractivity contribution in [3.05, 3.63) is 102 Å². The van der Waals surface area contributed by atoms with Crippen molar-refractivity contribution in [3.8, 4) is 37.8 Å². The minimum Gasteiger partial charge on any atom is -0.497 e. The van der Waals surface area contributed by atoms with Crippen molar-refractivity contribution >= 4 is 22.1 Å². The molecular weight excluding hydrogens is 529 g/mol. The number of benzene rings is 4. The van der Waals surface area contributed by atoms with Gasteiger partial charge in [-0.05, 0) is 76.6 Å². The largest absolute Gasteiger partial charge is 0.497 e. The van der Waals surface area contributed by atoms with Gasteiger partial charge >= 0.3 is 0 Å². The summed E-state index contributed by atoms with van der Waals surface area (Å²) in [4.78, 5) is 2.71. The van der Waals surface area contributed by atoms with Crippen molar-refractivity contribution < 1.29 is 4.74 Å². The summed E-state index contributed by atoms with van der Waals surface area (Å²) in [5.74, 6) is 0.896. The minimum atomic E-state index is 0.106. The Bertz CT molecular complexity index is 1630. The highest BCUT2D eigenvalue weighted by Gasteiger charge is 2.42. The van der Waals surface area contributed by atoms with Gasteiger partial charge in [0.25, 0.3) is 0 Å². The van der Waals surface area contributed by atoms with Gasteiger partial charge in [0.2, 0.25) is 0 Å². The van der Waals surface area contributed by atoms with Crippen LogP contribution < -0.4 is 4.74 Å². The Morgan fingerprint density at radius 2 is 1.14 bits per heavy atom. The zero-order chi connectivity index (χ0) is 28.9. The normalized spacial score (nSPS) is 13.3. The van der Waals surface area contributed by atoms with Gasteiger partial charge in [0.15, 0.2) is 0 Å². The second-order valence-electron chi connectivity index (χ2n) is 12.0. The summed E-state index contributed by atoms with van der Waals surface area (Å²) in [5.41, 5.74) is 8.76. The van der Waals surface area contributed by atoms with Crippen LogP contribution in [-0.2, 0) is 5.41 Å². The van der Waals surface area contributed by atoms with Crippen molar-refractivity contribution in [3.63, 3.8) is 0 Å². The number of fused-ring (bicyclic) bond motifs is 4. The van der Waals surface area contributed by atoms with Crippen LogP contribution in [0.15, 0.2) is 91.0 Å². The Morgan fingerprint density at radius 1 is 0.571 bits per heavy atom. The van der Waals surface area contributed by atoms with Gasteiger partial charge in [0.1, 0.15) is 5.75 Å². The molecule has 1 aliphatic rings. The molecular formula is C40H44OS. The van der Waals surface area contributed by atoms with Crippen LogP contribution in [0, 0.1) is 0 Å². The van der Waals surface area contributed by atoms with Crippen LogP contribution in [0.1, 0.15) is 89.2 Å². The molecule has 1 nitrogen and oxygen atoms in total. The lowest BCUT2D eigenvalue weighted by Gasteiger charge is -2.33. The SMILES string of the molecule is CCCCCCC1(CCCCCC)c2ccccc2-c2ccc(-c3sc(-c4ccc(OC)cc4)c4ccccc34)cc21. The second kappa shape index (κ2) is 12.9. The summed E-state index contributed by atoms with van der Waals surface area (Å²) in [6.45, 7) is 4.64. The monoisotopic (exact) mass is 572 g/mol. The minimum absolute atomic E-state index is 0.106. The summed E-state index contributed by atoms with van der Waals surface area (Å²) in [5, 5.41) is 2.68. The van der Waals surface area contributed by atoms with E-state index in [0.29, 0.717) is 0 Å². The summed E-state index contributed by atoms with van der Waals surface area (Å²) in [6.07, 6.45) is 12.9. The molecule has 1 aromatic heterocycles. The fourth-order valence-corrected chi connectivity index (χ4v) is 8.51. The molecule has 0 N–H and O–H groups in total. The van der Waals surface area contributed by atoms with Crippen LogP contribution >= 0.6 is 11.3 Å². The lowest BCUT2D eigenvalue weighted by molar-refractivity contribution is 0.401. The predicted molar refractivity (Wildman–Crippen MR) is 183 cm³/mol. The Balaban J connectivity index is 1.47. The zero-order valence-electron chi connectivity index (χ0n) is 25.5. The van der Waals surface area contributed by atoms with Gasteiger partial charge in [-0.15, -0.1) is 11.3 Å². The van der Waals surface area contributed by atoms with E-state index < -0.39 is 0 Å². The molecule has 0 saturated carbocycles. The molecule has 0 atom stereocenters. The topological polar surface area (TPSA) is 9.23 Å². The molecule has 4 aromatic carbocycles. The highest BCUT2D eigenvalue weighted by Crippen LogP contribution is 2.55. The third-order valence-corrected chi connectivity index (χ3v) is 10.7. The Hall–Kier alpha value is -3.36. The lowest BCUT2D eigenvalue weighted by atomic mass is 9.70. The van der Waals surface area contributed by atoms with Gasteiger partial charge in [-0.3, -0.25) is 0 Å². The number of thiophene rings is 1. The molecule has 0 fully saturated rings. The van der Waals surface area contributed by atoms with Crippen molar-refractivity contribution in [2.45, 2.75) is 83.5 Å². The van der Waals surface area contributed by atoms with Crippen LogP contribution in [0.4, 0.5) is 0 Å². The van der Waals surface area contributed by atoms with Gasteiger partial charge in [0, 0.05) is 25.9 Å². The predicted octanol–water partition coefficient (Wildman–Crippen LogP) is 12.5. The Morgan fingerprint density at radius 3 is 1.79 bits per heavy atom.